The Hall–Kier alpha value is -2.09. The lowest BCUT2D eigenvalue weighted by Gasteiger charge is -2.25. The highest BCUT2D eigenvalue weighted by Gasteiger charge is 2.25. The van der Waals surface area contributed by atoms with Crippen LogP contribution in [0.3, 0.4) is 0 Å². The Kier molecular flexibility index (Phi) is 7.52. The summed E-state index contributed by atoms with van der Waals surface area (Å²) in [4.78, 5) is 12.3. The zero-order chi connectivity index (χ0) is 20.7. The second-order valence-electron chi connectivity index (χ2n) is 6.94. The Morgan fingerprint density at radius 1 is 1.00 bits per heavy atom. The van der Waals surface area contributed by atoms with E-state index in [1.165, 1.54) is 4.31 Å². The van der Waals surface area contributed by atoms with E-state index in [1.807, 2.05) is 0 Å². The van der Waals surface area contributed by atoms with Gasteiger partial charge in [0.05, 0.1) is 11.5 Å². The van der Waals surface area contributed by atoms with E-state index in [4.69, 9.17) is 16.3 Å². The van der Waals surface area contributed by atoms with Crippen molar-refractivity contribution in [3.63, 3.8) is 0 Å². The fourth-order valence-electron chi connectivity index (χ4n) is 3.14. The van der Waals surface area contributed by atoms with Gasteiger partial charge >= 0.3 is 0 Å². The number of piperidine rings is 1. The van der Waals surface area contributed by atoms with Crippen molar-refractivity contribution in [1.82, 2.24) is 4.31 Å². The normalized spacial score (nSPS) is 15.1. The average Bonchev–Trinajstić information content (AvgIpc) is 2.73. The van der Waals surface area contributed by atoms with E-state index in [0.717, 1.165) is 19.3 Å². The number of carbonyl (C=O) groups excluding carboxylic acids is 1. The number of hydrogen-bond donors (Lipinski definition) is 1. The SMILES string of the molecule is O=C(CCCOc1ccc(Cl)cc1)Nc1ccc(S(=O)(=O)N2CCCCC2)cc1. The number of rotatable bonds is 8. The first-order valence-electron chi connectivity index (χ1n) is 9.73. The van der Waals surface area contributed by atoms with Crippen molar-refractivity contribution in [1.29, 1.82) is 0 Å². The van der Waals surface area contributed by atoms with E-state index in [-0.39, 0.29) is 10.8 Å². The summed E-state index contributed by atoms with van der Waals surface area (Å²) in [6.45, 7) is 1.56. The Morgan fingerprint density at radius 2 is 1.66 bits per heavy atom. The van der Waals surface area contributed by atoms with Gasteiger partial charge in [-0.15, -0.1) is 0 Å². The van der Waals surface area contributed by atoms with Crippen LogP contribution in [0.1, 0.15) is 32.1 Å². The zero-order valence-electron chi connectivity index (χ0n) is 16.1. The molecule has 6 nitrogen and oxygen atoms in total. The minimum Gasteiger partial charge on any atom is -0.494 e. The molecule has 0 radical (unpaired) electrons. The number of ether oxygens (including phenoxy) is 1. The van der Waals surface area contributed by atoms with Crippen LogP contribution in [0.4, 0.5) is 5.69 Å². The molecule has 29 heavy (non-hydrogen) atoms. The van der Waals surface area contributed by atoms with Crippen LogP contribution < -0.4 is 10.1 Å². The Bertz CT molecular complexity index is 909. The first-order valence-corrected chi connectivity index (χ1v) is 11.6. The van der Waals surface area contributed by atoms with E-state index in [1.54, 1.807) is 48.5 Å². The molecule has 0 aliphatic carbocycles. The highest BCUT2D eigenvalue weighted by molar-refractivity contribution is 7.89. The molecule has 156 valence electrons. The maximum atomic E-state index is 12.6. The van der Waals surface area contributed by atoms with Crippen molar-refractivity contribution < 1.29 is 17.9 Å². The maximum absolute atomic E-state index is 12.6. The lowest BCUT2D eigenvalue weighted by Crippen LogP contribution is -2.35. The Morgan fingerprint density at radius 3 is 2.31 bits per heavy atom. The van der Waals surface area contributed by atoms with Crippen molar-refractivity contribution in [3.8, 4) is 5.75 Å². The first kappa shape index (κ1) is 21.6. The minimum absolute atomic E-state index is 0.142. The molecule has 1 aliphatic heterocycles. The van der Waals surface area contributed by atoms with Gasteiger partial charge in [0, 0.05) is 30.2 Å². The molecule has 0 unspecified atom stereocenters. The number of benzene rings is 2. The van der Waals surface area contributed by atoms with Gasteiger partial charge in [0.2, 0.25) is 15.9 Å². The number of nitrogens with zero attached hydrogens (tertiary/aromatic N) is 1. The fourth-order valence-corrected chi connectivity index (χ4v) is 4.78. The van der Waals surface area contributed by atoms with Gasteiger partial charge in [-0.25, -0.2) is 8.42 Å². The predicted octanol–water partition coefficient (Wildman–Crippen LogP) is 4.31. The van der Waals surface area contributed by atoms with E-state index in [9.17, 15) is 13.2 Å². The molecule has 3 rings (SSSR count). The monoisotopic (exact) mass is 436 g/mol. The standard InChI is InChI=1S/C21H25ClN2O4S/c22-17-6-10-19(11-7-17)28-16-4-5-21(25)23-18-8-12-20(13-9-18)29(26,27)24-14-2-1-3-15-24/h6-13H,1-5,14-16H2,(H,23,25). The Labute approximate surface area is 176 Å². The van der Waals surface area contributed by atoms with Crippen LogP contribution in [-0.2, 0) is 14.8 Å². The molecule has 0 spiro atoms. The minimum atomic E-state index is -3.46. The van der Waals surface area contributed by atoms with Crippen LogP contribution in [0.15, 0.2) is 53.4 Å². The Balaban J connectivity index is 1.45. The predicted molar refractivity (Wildman–Crippen MR) is 114 cm³/mol. The van der Waals surface area contributed by atoms with Gasteiger partial charge in [0.15, 0.2) is 0 Å². The number of nitrogens with one attached hydrogen (secondary N) is 1. The molecule has 0 bridgehead atoms. The molecular weight excluding hydrogens is 412 g/mol. The molecule has 0 saturated carbocycles. The highest BCUT2D eigenvalue weighted by Crippen LogP contribution is 2.22. The molecule has 1 aliphatic rings. The first-order chi connectivity index (χ1) is 13.9. The summed E-state index contributed by atoms with van der Waals surface area (Å²) < 4.78 is 32.4. The second-order valence-corrected chi connectivity index (χ2v) is 9.32. The maximum Gasteiger partial charge on any atom is 0.243 e. The molecule has 1 saturated heterocycles. The molecular formula is C21H25ClN2O4S. The summed E-state index contributed by atoms with van der Waals surface area (Å²) in [5.74, 6) is 0.566. The largest absolute Gasteiger partial charge is 0.494 e. The van der Waals surface area contributed by atoms with Crippen LogP contribution in [0.5, 0.6) is 5.75 Å². The van der Waals surface area contributed by atoms with E-state index in [2.05, 4.69) is 5.32 Å². The number of carbonyl (C=O) groups is 1. The van der Waals surface area contributed by atoms with Gasteiger partial charge in [-0.1, -0.05) is 18.0 Å². The molecule has 8 heteroatoms. The van der Waals surface area contributed by atoms with Crippen LogP contribution in [0, 0.1) is 0 Å². The van der Waals surface area contributed by atoms with E-state index < -0.39 is 10.0 Å². The molecule has 0 aromatic heterocycles. The van der Waals surface area contributed by atoms with E-state index >= 15 is 0 Å². The fraction of sp³-hybridized carbons (Fsp3) is 0.381. The van der Waals surface area contributed by atoms with Gasteiger partial charge < -0.3 is 10.1 Å². The van der Waals surface area contributed by atoms with Crippen molar-refractivity contribution in [2.45, 2.75) is 37.0 Å². The zero-order valence-corrected chi connectivity index (χ0v) is 17.7. The van der Waals surface area contributed by atoms with Crippen molar-refractivity contribution in [3.05, 3.63) is 53.6 Å². The average molecular weight is 437 g/mol. The van der Waals surface area contributed by atoms with Gasteiger partial charge in [0.1, 0.15) is 5.75 Å². The van der Waals surface area contributed by atoms with Crippen LogP contribution >= 0.6 is 11.6 Å². The summed E-state index contributed by atoms with van der Waals surface area (Å²) in [7, 11) is -3.46. The summed E-state index contributed by atoms with van der Waals surface area (Å²) in [5, 5.41) is 3.43. The molecule has 1 amide bonds. The van der Waals surface area contributed by atoms with E-state index in [0.29, 0.717) is 49.0 Å². The summed E-state index contributed by atoms with van der Waals surface area (Å²) >= 11 is 5.82. The quantitative estimate of drug-likeness (QED) is 0.625. The van der Waals surface area contributed by atoms with Crippen molar-refractivity contribution in [2.24, 2.45) is 0 Å². The lowest BCUT2D eigenvalue weighted by molar-refractivity contribution is -0.116. The summed E-state index contributed by atoms with van der Waals surface area (Å²) in [5.41, 5.74) is 0.575. The van der Waals surface area contributed by atoms with Gasteiger partial charge in [0.25, 0.3) is 0 Å². The molecule has 1 fully saturated rings. The third-order valence-corrected chi connectivity index (χ3v) is 6.89. The van der Waals surface area contributed by atoms with Crippen molar-refractivity contribution in [2.75, 3.05) is 25.0 Å². The molecule has 0 atom stereocenters. The number of sulfonamides is 1. The smallest absolute Gasteiger partial charge is 0.243 e. The summed E-state index contributed by atoms with van der Waals surface area (Å²) in [6.07, 6.45) is 3.74. The lowest BCUT2D eigenvalue weighted by atomic mass is 10.2. The third-order valence-electron chi connectivity index (χ3n) is 4.72. The topological polar surface area (TPSA) is 75.7 Å². The van der Waals surface area contributed by atoms with Crippen LogP contribution in [0.2, 0.25) is 5.02 Å². The highest BCUT2D eigenvalue weighted by atomic mass is 35.5. The molecule has 1 heterocycles. The van der Waals surface area contributed by atoms with Crippen LogP contribution in [0.25, 0.3) is 0 Å². The summed E-state index contributed by atoms with van der Waals surface area (Å²) in [6, 6.07) is 13.4. The van der Waals surface area contributed by atoms with Gasteiger partial charge in [-0.3, -0.25) is 4.79 Å². The number of anilines is 1. The van der Waals surface area contributed by atoms with Gasteiger partial charge in [-0.05, 0) is 67.8 Å². The number of amides is 1. The molecule has 1 N–H and O–H groups in total. The third kappa shape index (κ3) is 6.19. The van der Waals surface area contributed by atoms with Crippen LogP contribution in [-0.4, -0.2) is 38.3 Å². The molecule has 2 aromatic carbocycles. The van der Waals surface area contributed by atoms with Gasteiger partial charge in [-0.2, -0.15) is 4.31 Å². The number of halogens is 1. The number of hydrogen-bond acceptors (Lipinski definition) is 4. The molecule has 2 aromatic rings. The second kappa shape index (κ2) is 10.1. The van der Waals surface area contributed by atoms with Crippen molar-refractivity contribution >= 4 is 33.2 Å².